The SMILES string of the molecule is COC(=O)/C=C/c1ccc(Sc2ccc(C(C)(C)C)cc2)cc1. The summed E-state index contributed by atoms with van der Waals surface area (Å²) < 4.78 is 4.58. The van der Waals surface area contributed by atoms with Gasteiger partial charge in [-0.2, -0.15) is 0 Å². The van der Waals surface area contributed by atoms with Gasteiger partial charge in [0, 0.05) is 15.9 Å². The molecular formula is C20H22O2S. The lowest BCUT2D eigenvalue weighted by Crippen LogP contribution is -2.10. The lowest BCUT2D eigenvalue weighted by atomic mass is 9.87. The maximum atomic E-state index is 11.1. The van der Waals surface area contributed by atoms with Crippen LogP contribution in [-0.2, 0) is 14.9 Å². The third kappa shape index (κ3) is 5.29. The van der Waals surface area contributed by atoms with Crippen LogP contribution in [0.3, 0.4) is 0 Å². The van der Waals surface area contributed by atoms with Crippen LogP contribution in [0.25, 0.3) is 6.08 Å². The maximum absolute atomic E-state index is 11.1. The molecule has 0 amide bonds. The highest BCUT2D eigenvalue weighted by atomic mass is 32.2. The van der Waals surface area contributed by atoms with Crippen molar-refractivity contribution in [3.63, 3.8) is 0 Å². The second-order valence-electron chi connectivity index (χ2n) is 6.30. The van der Waals surface area contributed by atoms with Gasteiger partial charge in [0.2, 0.25) is 0 Å². The Balaban J connectivity index is 2.03. The molecule has 0 fully saturated rings. The molecule has 0 radical (unpaired) electrons. The van der Waals surface area contributed by atoms with E-state index in [2.05, 4.69) is 61.9 Å². The standard InChI is InChI=1S/C20H22O2S/c1-20(2,3)16-8-12-18(13-9-16)23-17-10-5-15(6-11-17)7-14-19(21)22-4/h5-14H,1-4H3/b14-7+. The molecule has 2 aromatic rings. The number of rotatable bonds is 4. The van der Waals surface area contributed by atoms with E-state index in [1.165, 1.54) is 28.5 Å². The minimum atomic E-state index is -0.345. The normalized spacial score (nSPS) is 11.7. The van der Waals surface area contributed by atoms with Gasteiger partial charge >= 0.3 is 5.97 Å². The minimum absolute atomic E-state index is 0.177. The second-order valence-corrected chi connectivity index (χ2v) is 7.45. The van der Waals surface area contributed by atoms with Crippen LogP contribution in [0.2, 0.25) is 0 Å². The monoisotopic (exact) mass is 326 g/mol. The Labute approximate surface area is 142 Å². The number of carbonyl (C=O) groups excluding carboxylic acids is 1. The highest BCUT2D eigenvalue weighted by molar-refractivity contribution is 7.99. The predicted molar refractivity (Wildman–Crippen MR) is 96.8 cm³/mol. The summed E-state index contributed by atoms with van der Waals surface area (Å²) in [6.45, 7) is 6.65. The molecule has 2 nitrogen and oxygen atoms in total. The Bertz CT molecular complexity index is 677. The van der Waals surface area contributed by atoms with E-state index in [1.54, 1.807) is 17.8 Å². The molecule has 0 atom stereocenters. The predicted octanol–water partition coefficient (Wildman–Crippen LogP) is 5.32. The van der Waals surface area contributed by atoms with Crippen LogP contribution in [0.4, 0.5) is 0 Å². The van der Waals surface area contributed by atoms with Crippen LogP contribution in [0.1, 0.15) is 31.9 Å². The summed E-state index contributed by atoms with van der Waals surface area (Å²) in [6.07, 6.45) is 3.17. The summed E-state index contributed by atoms with van der Waals surface area (Å²) in [7, 11) is 1.37. The Hall–Kier alpha value is -2.00. The molecule has 0 bridgehead atoms. The van der Waals surface area contributed by atoms with E-state index >= 15 is 0 Å². The molecule has 0 aliphatic heterocycles. The van der Waals surface area contributed by atoms with Crippen molar-refractivity contribution in [2.75, 3.05) is 7.11 Å². The maximum Gasteiger partial charge on any atom is 0.330 e. The molecule has 0 spiro atoms. The third-order valence-electron chi connectivity index (χ3n) is 3.45. The fourth-order valence-electron chi connectivity index (χ4n) is 2.04. The van der Waals surface area contributed by atoms with Gasteiger partial charge in [-0.05, 0) is 46.9 Å². The zero-order valence-corrected chi connectivity index (χ0v) is 14.8. The van der Waals surface area contributed by atoms with Gasteiger partial charge in [0.25, 0.3) is 0 Å². The summed E-state index contributed by atoms with van der Waals surface area (Å²) in [5.74, 6) is -0.345. The van der Waals surface area contributed by atoms with Crippen LogP contribution in [-0.4, -0.2) is 13.1 Å². The summed E-state index contributed by atoms with van der Waals surface area (Å²) in [6, 6.07) is 16.8. The molecule has 0 heterocycles. The first-order valence-corrected chi connectivity index (χ1v) is 8.34. The summed E-state index contributed by atoms with van der Waals surface area (Å²) in [5.41, 5.74) is 2.49. The van der Waals surface area contributed by atoms with Gasteiger partial charge in [-0.1, -0.05) is 56.8 Å². The van der Waals surface area contributed by atoms with Crippen molar-refractivity contribution >= 4 is 23.8 Å². The molecule has 23 heavy (non-hydrogen) atoms. The highest BCUT2D eigenvalue weighted by Gasteiger charge is 2.12. The molecule has 0 N–H and O–H groups in total. The van der Waals surface area contributed by atoms with Crippen molar-refractivity contribution in [3.05, 3.63) is 65.7 Å². The van der Waals surface area contributed by atoms with E-state index in [0.717, 1.165) is 5.56 Å². The van der Waals surface area contributed by atoms with E-state index in [0.29, 0.717) is 0 Å². The smallest absolute Gasteiger partial charge is 0.330 e. The van der Waals surface area contributed by atoms with Crippen molar-refractivity contribution in [2.24, 2.45) is 0 Å². The Morgan fingerprint density at radius 1 is 0.957 bits per heavy atom. The van der Waals surface area contributed by atoms with Gasteiger partial charge in [0.15, 0.2) is 0 Å². The van der Waals surface area contributed by atoms with Crippen molar-refractivity contribution < 1.29 is 9.53 Å². The Kier molecular flexibility index (Phi) is 5.67. The van der Waals surface area contributed by atoms with Crippen molar-refractivity contribution in [2.45, 2.75) is 36.0 Å². The molecule has 2 aromatic carbocycles. The van der Waals surface area contributed by atoms with Crippen LogP contribution < -0.4 is 0 Å². The molecule has 0 unspecified atom stereocenters. The molecule has 3 heteroatoms. The van der Waals surface area contributed by atoms with Crippen molar-refractivity contribution in [1.82, 2.24) is 0 Å². The minimum Gasteiger partial charge on any atom is -0.466 e. The van der Waals surface area contributed by atoms with Crippen LogP contribution in [0, 0.1) is 0 Å². The van der Waals surface area contributed by atoms with Gasteiger partial charge in [-0.3, -0.25) is 0 Å². The first kappa shape index (κ1) is 17.4. The summed E-state index contributed by atoms with van der Waals surface area (Å²) in [5, 5.41) is 0. The van der Waals surface area contributed by atoms with Gasteiger partial charge < -0.3 is 4.74 Å². The van der Waals surface area contributed by atoms with Gasteiger partial charge in [0.1, 0.15) is 0 Å². The van der Waals surface area contributed by atoms with Crippen LogP contribution in [0.15, 0.2) is 64.4 Å². The summed E-state index contributed by atoms with van der Waals surface area (Å²) >= 11 is 1.73. The summed E-state index contributed by atoms with van der Waals surface area (Å²) in [4.78, 5) is 13.5. The number of ether oxygens (including phenoxy) is 1. The lowest BCUT2D eigenvalue weighted by Gasteiger charge is -2.19. The molecule has 120 valence electrons. The van der Waals surface area contributed by atoms with E-state index in [-0.39, 0.29) is 11.4 Å². The number of carbonyl (C=O) groups is 1. The molecule has 0 aromatic heterocycles. The zero-order chi connectivity index (χ0) is 16.9. The number of benzene rings is 2. The van der Waals surface area contributed by atoms with Gasteiger partial charge in [-0.25, -0.2) is 4.79 Å². The first-order valence-electron chi connectivity index (χ1n) is 7.53. The topological polar surface area (TPSA) is 26.3 Å². The van der Waals surface area contributed by atoms with E-state index in [1.807, 2.05) is 12.1 Å². The van der Waals surface area contributed by atoms with Crippen molar-refractivity contribution in [1.29, 1.82) is 0 Å². The average Bonchev–Trinajstić information content (AvgIpc) is 2.53. The van der Waals surface area contributed by atoms with E-state index in [4.69, 9.17) is 0 Å². The number of esters is 1. The number of hydrogen-bond acceptors (Lipinski definition) is 3. The molecule has 0 saturated heterocycles. The van der Waals surface area contributed by atoms with E-state index in [9.17, 15) is 4.79 Å². The van der Waals surface area contributed by atoms with Crippen LogP contribution >= 0.6 is 11.8 Å². The second kappa shape index (κ2) is 7.51. The first-order chi connectivity index (χ1) is 10.9. The average molecular weight is 326 g/mol. The molecule has 0 aliphatic rings. The third-order valence-corrected chi connectivity index (χ3v) is 4.46. The Morgan fingerprint density at radius 3 is 1.96 bits per heavy atom. The van der Waals surface area contributed by atoms with E-state index < -0.39 is 0 Å². The fraction of sp³-hybridized carbons (Fsp3) is 0.250. The quantitative estimate of drug-likeness (QED) is 0.562. The molecule has 0 saturated carbocycles. The van der Waals surface area contributed by atoms with Gasteiger partial charge in [0.05, 0.1) is 7.11 Å². The highest BCUT2D eigenvalue weighted by Crippen LogP contribution is 2.30. The lowest BCUT2D eigenvalue weighted by molar-refractivity contribution is -0.134. The fourth-order valence-corrected chi connectivity index (χ4v) is 2.85. The molecule has 2 rings (SSSR count). The molecular weight excluding hydrogens is 304 g/mol. The molecule has 0 aliphatic carbocycles. The van der Waals surface area contributed by atoms with Crippen LogP contribution in [0.5, 0.6) is 0 Å². The van der Waals surface area contributed by atoms with Crippen molar-refractivity contribution in [3.8, 4) is 0 Å². The largest absolute Gasteiger partial charge is 0.466 e. The number of methoxy groups -OCH3 is 1. The number of hydrogen-bond donors (Lipinski definition) is 0. The zero-order valence-electron chi connectivity index (χ0n) is 14.0. The van der Waals surface area contributed by atoms with Gasteiger partial charge in [-0.15, -0.1) is 0 Å². The Morgan fingerprint density at radius 2 is 1.48 bits per heavy atom.